The monoisotopic (exact) mass is 382 g/mol. The summed E-state index contributed by atoms with van der Waals surface area (Å²) < 4.78 is 5.73. The maximum atomic E-state index is 12.4. The van der Waals surface area contributed by atoms with Gasteiger partial charge in [-0.1, -0.05) is 44.7 Å². The van der Waals surface area contributed by atoms with Crippen LogP contribution in [-0.2, 0) is 11.2 Å². The van der Waals surface area contributed by atoms with Gasteiger partial charge in [-0.15, -0.1) is 0 Å². The van der Waals surface area contributed by atoms with E-state index in [0.29, 0.717) is 24.3 Å². The normalized spacial score (nSPS) is 10.4. The van der Waals surface area contributed by atoms with Crippen LogP contribution in [0.2, 0.25) is 0 Å². The number of nitrogens with one attached hydrogen (secondary N) is 2. The van der Waals surface area contributed by atoms with Crippen LogP contribution in [0.25, 0.3) is 0 Å². The molecule has 0 aliphatic heterocycles. The van der Waals surface area contributed by atoms with Gasteiger partial charge in [0.25, 0.3) is 5.91 Å². The predicted octanol–water partition coefficient (Wildman–Crippen LogP) is 4.58. The van der Waals surface area contributed by atoms with Crippen LogP contribution in [0, 0.1) is 0 Å². The minimum absolute atomic E-state index is 0.0416. The molecule has 0 radical (unpaired) electrons. The first-order valence-electron chi connectivity index (χ1n) is 9.96. The van der Waals surface area contributed by atoms with Crippen molar-refractivity contribution < 1.29 is 14.3 Å². The lowest BCUT2D eigenvalue weighted by Crippen LogP contribution is -2.19. The second kappa shape index (κ2) is 11.8. The van der Waals surface area contributed by atoms with Gasteiger partial charge >= 0.3 is 0 Å². The summed E-state index contributed by atoms with van der Waals surface area (Å²) in [6.45, 7) is 2.91. The highest BCUT2D eigenvalue weighted by Crippen LogP contribution is 2.16. The molecular formula is C23H30N2O3. The highest BCUT2D eigenvalue weighted by molar-refractivity contribution is 6.04. The second-order valence-corrected chi connectivity index (χ2v) is 6.79. The lowest BCUT2D eigenvalue weighted by Gasteiger charge is -2.09. The lowest BCUT2D eigenvalue weighted by atomic mass is 10.1. The fraction of sp³-hybridized carbons (Fsp3) is 0.391. The number of amides is 2. The maximum Gasteiger partial charge on any atom is 0.255 e. The van der Waals surface area contributed by atoms with Crippen LogP contribution in [0.15, 0.2) is 48.5 Å². The molecule has 28 heavy (non-hydrogen) atoms. The Bertz CT molecular complexity index is 739. The number of carbonyl (C=O) groups excluding carboxylic acids is 2. The van der Waals surface area contributed by atoms with Crippen LogP contribution in [-0.4, -0.2) is 25.5 Å². The third kappa shape index (κ3) is 7.43. The summed E-state index contributed by atoms with van der Waals surface area (Å²) in [5.41, 5.74) is 2.16. The molecule has 0 unspecified atom stereocenters. The van der Waals surface area contributed by atoms with Crippen LogP contribution in [0.3, 0.4) is 0 Å². The number of unbranched alkanes of at least 4 members (excludes halogenated alkanes) is 4. The number of anilines is 1. The van der Waals surface area contributed by atoms with E-state index in [4.69, 9.17) is 4.74 Å². The van der Waals surface area contributed by atoms with Gasteiger partial charge in [0, 0.05) is 18.3 Å². The van der Waals surface area contributed by atoms with Crippen molar-refractivity contribution in [2.75, 3.05) is 19.0 Å². The molecule has 2 aromatic carbocycles. The van der Waals surface area contributed by atoms with Crippen LogP contribution in [0.4, 0.5) is 5.69 Å². The largest absolute Gasteiger partial charge is 0.494 e. The molecule has 0 bridgehead atoms. The van der Waals surface area contributed by atoms with Gasteiger partial charge in [0.1, 0.15) is 5.75 Å². The predicted molar refractivity (Wildman–Crippen MR) is 113 cm³/mol. The van der Waals surface area contributed by atoms with Gasteiger partial charge in [0.2, 0.25) is 5.91 Å². The summed E-state index contributed by atoms with van der Waals surface area (Å²) in [6.07, 6.45) is 6.34. The van der Waals surface area contributed by atoms with Crippen molar-refractivity contribution in [3.05, 3.63) is 59.7 Å². The van der Waals surface area contributed by atoms with Gasteiger partial charge in [-0.2, -0.15) is 0 Å². The standard InChI is InChI=1S/C23H30N2O3/c1-3-4-5-6-7-16-28-21-14-10-19(11-15-21)23(27)25-20-12-8-18(9-13-20)17-22(26)24-2/h8-15H,3-7,16-17H2,1-2H3,(H,24,26)(H,25,27). The van der Waals surface area contributed by atoms with Crippen molar-refractivity contribution >= 4 is 17.5 Å². The van der Waals surface area contributed by atoms with E-state index in [-0.39, 0.29) is 11.8 Å². The smallest absolute Gasteiger partial charge is 0.255 e. The molecule has 2 aromatic rings. The zero-order chi connectivity index (χ0) is 20.2. The third-order valence-electron chi connectivity index (χ3n) is 4.49. The Balaban J connectivity index is 1.80. The van der Waals surface area contributed by atoms with Gasteiger partial charge in [-0.3, -0.25) is 9.59 Å². The van der Waals surface area contributed by atoms with Gasteiger partial charge in [-0.25, -0.2) is 0 Å². The zero-order valence-corrected chi connectivity index (χ0v) is 16.8. The van der Waals surface area contributed by atoms with Gasteiger partial charge in [0.15, 0.2) is 0 Å². The van der Waals surface area contributed by atoms with Crippen molar-refractivity contribution in [3.8, 4) is 5.75 Å². The Kier molecular flexibility index (Phi) is 9.05. The molecule has 0 heterocycles. The summed E-state index contributed by atoms with van der Waals surface area (Å²) in [4.78, 5) is 23.8. The van der Waals surface area contributed by atoms with Crippen LogP contribution in [0.5, 0.6) is 5.75 Å². The molecule has 2 rings (SSSR count). The van der Waals surface area contributed by atoms with E-state index in [1.165, 1.54) is 25.7 Å². The Hall–Kier alpha value is -2.82. The van der Waals surface area contributed by atoms with Crippen LogP contribution in [0.1, 0.15) is 54.9 Å². The molecule has 5 heteroatoms. The second-order valence-electron chi connectivity index (χ2n) is 6.79. The summed E-state index contributed by atoms with van der Waals surface area (Å²) >= 11 is 0. The van der Waals surface area contributed by atoms with Gasteiger partial charge < -0.3 is 15.4 Å². The molecule has 5 nitrogen and oxygen atoms in total. The molecule has 2 N–H and O–H groups in total. The molecule has 2 amide bonds. The minimum atomic E-state index is -0.176. The average Bonchev–Trinajstić information content (AvgIpc) is 2.72. The molecule has 0 atom stereocenters. The zero-order valence-electron chi connectivity index (χ0n) is 16.8. The Morgan fingerprint density at radius 1 is 0.893 bits per heavy atom. The summed E-state index contributed by atoms with van der Waals surface area (Å²) in [5, 5.41) is 5.46. The molecule has 0 aliphatic carbocycles. The van der Waals surface area contributed by atoms with Gasteiger partial charge in [0.05, 0.1) is 13.0 Å². The number of hydrogen-bond donors (Lipinski definition) is 2. The Labute approximate surface area is 167 Å². The molecule has 0 fully saturated rings. The average molecular weight is 383 g/mol. The van der Waals surface area contributed by atoms with Crippen molar-refractivity contribution in [1.82, 2.24) is 5.32 Å². The number of likely N-dealkylation sites (N-methyl/N-ethyl adjacent to an activating group) is 1. The van der Waals surface area contributed by atoms with Crippen molar-refractivity contribution in [3.63, 3.8) is 0 Å². The molecule has 0 spiro atoms. The highest BCUT2D eigenvalue weighted by atomic mass is 16.5. The molecule has 150 valence electrons. The van der Waals surface area contributed by atoms with E-state index in [2.05, 4.69) is 17.6 Å². The van der Waals surface area contributed by atoms with Gasteiger partial charge in [-0.05, 0) is 48.4 Å². The quantitative estimate of drug-likeness (QED) is 0.559. The molecule has 0 aromatic heterocycles. The first-order chi connectivity index (χ1) is 13.6. The summed E-state index contributed by atoms with van der Waals surface area (Å²) in [7, 11) is 1.61. The third-order valence-corrected chi connectivity index (χ3v) is 4.49. The van der Waals surface area contributed by atoms with E-state index < -0.39 is 0 Å². The Morgan fingerprint density at radius 3 is 2.21 bits per heavy atom. The van der Waals surface area contributed by atoms with Crippen molar-refractivity contribution in [2.45, 2.75) is 45.4 Å². The van der Waals surface area contributed by atoms with Crippen LogP contribution >= 0.6 is 0 Å². The van der Waals surface area contributed by atoms with E-state index in [1.807, 2.05) is 24.3 Å². The fourth-order valence-electron chi connectivity index (χ4n) is 2.78. The molecular weight excluding hydrogens is 352 g/mol. The van der Waals surface area contributed by atoms with E-state index >= 15 is 0 Å². The van der Waals surface area contributed by atoms with E-state index in [0.717, 1.165) is 17.7 Å². The van der Waals surface area contributed by atoms with Crippen LogP contribution < -0.4 is 15.4 Å². The molecule has 0 saturated heterocycles. The summed E-state index contributed by atoms with van der Waals surface area (Å²) in [6, 6.07) is 14.5. The first kappa shape index (κ1) is 21.5. The lowest BCUT2D eigenvalue weighted by molar-refractivity contribution is -0.119. The fourth-order valence-corrected chi connectivity index (χ4v) is 2.78. The van der Waals surface area contributed by atoms with Crippen molar-refractivity contribution in [2.24, 2.45) is 0 Å². The van der Waals surface area contributed by atoms with E-state index in [9.17, 15) is 9.59 Å². The summed E-state index contributed by atoms with van der Waals surface area (Å²) in [5.74, 6) is 0.566. The number of hydrogen-bond acceptors (Lipinski definition) is 3. The topological polar surface area (TPSA) is 67.4 Å². The highest BCUT2D eigenvalue weighted by Gasteiger charge is 2.07. The molecule has 0 aliphatic rings. The number of benzene rings is 2. The minimum Gasteiger partial charge on any atom is -0.494 e. The Morgan fingerprint density at radius 2 is 1.57 bits per heavy atom. The number of ether oxygens (including phenoxy) is 1. The molecule has 0 saturated carbocycles. The van der Waals surface area contributed by atoms with E-state index in [1.54, 1.807) is 31.3 Å². The SMILES string of the molecule is CCCCCCCOc1ccc(C(=O)Nc2ccc(CC(=O)NC)cc2)cc1. The number of rotatable bonds is 11. The van der Waals surface area contributed by atoms with Crippen molar-refractivity contribution in [1.29, 1.82) is 0 Å². The first-order valence-corrected chi connectivity index (χ1v) is 9.96. The number of carbonyl (C=O) groups is 2. The maximum absolute atomic E-state index is 12.4.